The van der Waals surface area contributed by atoms with Crippen molar-refractivity contribution in [2.75, 3.05) is 6.61 Å². The van der Waals surface area contributed by atoms with Crippen LogP contribution in [0.25, 0.3) is 0 Å². The largest absolute Gasteiger partial charge is 0.458 e. The summed E-state index contributed by atoms with van der Waals surface area (Å²) in [4.78, 5) is 36.2. The van der Waals surface area contributed by atoms with Gasteiger partial charge in [-0.05, 0) is 73.0 Å². The average Bonchev–Trinajstić information content (AvgIpc) is 2.92. The highest BCUT2D eigenvalue weighted by atomic mass is 16.5. The van der Waals surface area contributed by atoms with E-state index in [2.05, 4.69) is 39.8 Å². The van der Waals surface area contributed by atoms with Crippen molar-refractivity contribution in [3.8, 4) is 0 Å². The molecule has 0 aliphatic heterocycles. The topological polar surface area (TPSA) is 60.4 Å². The van der Waals surface area contributed by atoms with Crippen LogP contribution in [0.15, 0.2) is 35.5 Å². The van der Waals surface area contributed by atoms with Crippen LogP contribution in [0.1, 0.15) is 53.9 Å². The van der Waals surface area contributed by atoms with E-state index in [-0.39, 0.29) is 40.8 Å². The lowest BCUT2D eigenvalue weighted by Gasteiger charge is -2.54. The Bertz CT molecular complexity index is 862. The number of esters is 1. The van der Waals surface area contributed by atoms with Crippen molar-refractivity contribution in [3.63, 3.8) is 0 Å². The molecule has 0 amide bonds. The first-order chi connectivity index (χ1) is 13.6. The van der Waals surface area contributed by atoms with Gasteiger partial charge in [-0.1, -0.05) is 38.5 Å². The molecule has 2 fully saturated rings. The molecule has 4 nitrogen and oxygen atoms in total. The molecule has 0 heterocycles. The van der Waals surface area contributed by atoms with E-state index in [0.29, 0.717) is 17.8 Å². The first kappa shape index (κ1) is 20.3. The van der Waals surface area contributed by atoms with Crippen LogP contribution in [0.5, 0.6) is 0 Å². The zero-order valence-corrected chi connectivity index (χ0v) is 18.2. The van der Waals surface area contributed by atoms with Crippen molar-refractivity contribution in [3.05, 3.63) is 35.5 Å². The van der Waals surface area contributed by atoms with E-state index >= 15 is 0 Å². The van der Waals surface area contributed by atoms with E-state index in [1.54, 1.807) is 6.08 Å². The zero-order chi connectivity index (χ0) is 21.1. The lowest BCUT2D eigenvalue weighted by molar-refractivity contribution is -0.148. The van der Waals surface area contributed by atoms with Gasteiger partial charge in [0, 0.05) is 18.3 Å². The van der Waals surface area contributed by atoms with E-state index < -0.39 is 5.97 Å². The molecular weight excluding hydrogens is 364 g/mol. The van der Waals surface area contributed by atoms with E-state index in [0.717, 1.165) is 19.3 Å². The summed E-state index contributed by atoms with van der Waals surface area (Å²) >= 11 is 0. The quantitative estimate of drug-likeness (QED) is 0.522. The van der Waals surface area contributed by atoms with Crippen molar-refractivity contribution in [1.82, 2.24) is 0 Å². The zero-order valence-electron chi connectivity index (χ0n) is 18.2. The lowest BCUT2D eigenvalue weighted by atomic mass is 9.50. The highest BCUT2D eigenvalue weighted by molar-refractivity contribution is 6.01. The van der Waals surface area contributed by atoms with Crippen LogP contribution in [0.4, 0.5) is 0 Å². The molecule has 0 bridgehead atoms. The molecule has 0 N–H and O–H groups in total. The Hall–Kier alpha value is -1.97. The summed E-state index contributed by atoms with van der Waals surface area (Å²) in [6.45, 7) is 10.2. The summed E-state index contributed by atoms with van der Waals surface area (Å²) in [6, 6.07) is 0. The lowest BCUT2D eigenvalue weighted by Crippen LogP contribution is -2.47. The van der Waals surface area contributed by atoms with Gasteiger partial charge in [-0.15, -0.1) is 0 Å². The molecule has 156 valence electrons. The summed E-state index contributed by atoms with van der Waals surface area (Å²) in [5.74, 6) is 1.18. The van der Waals surface area contributed by atoms with Crippen LogP contribution in [0, 0.1) is 40.4 Å². The number of carbonyl (C=O) groups is 3. The molecule has 0 aromatic rings. The van der Waals surface area contributed by atoms with E-state index in [9.17, 15) is 14.4 Å². The summed E-state index contributed by atoms with van der Waals surface area (Å²) in [5.41, 5.74) is 2.40. The molecular formula is C25H32O4. The Balaban J connectivity index is 1.69. The summed E-state index contributed by atoms with van der Waals surface area (Å²) in [5, 5.41) is 0. The Morgan fingerprint density at radius 2 is 1.90 bits per heavy atom. The molecule has 4 aliphatic carbocycles. The van der Waals surface area contributed by atoms with Gasteiger partial charge in [-0.3, -0.25) is 14.4 Å². The van der Waals surface area contributed by atoms with Crippen LogP contribution in [-0.2, 0) is 19.1 Å². The van der Waals surface area contributed by atoms with Gasteiger partial charge < -0.3 is 4.74 Å². The Morgan fingerprint density at radius 3 is 2.59 bits per heavy atom. The van der Waals surface area contributed by atoms with Crippen molar-refractivity contribution in [1.29, 1.82) is 0 Å². The third-order valence-corrected chi connectivity index (χ3v) is 8.38. The molecule has 3 unspecified atom stereocenters. The van der Waals surface area contributed by atoms with E-state index in [4.69, 9.17) is 4.74 Å². The summed E-state index contributed by atoms with van der Waals surface area (Å²) < 4.78 is 5.06. The van der Waals surface area contributed by atoms with E-state index in [1.807, 2.05) is 6.08 Å². The minimum absolute atomic E-state index is 0.0633. The molecule has 0 saturated heterocycles. The number of hydrogen-bond acceptors (Lipinski definition) is 4. The van der Waals surface area contributed by atoms with Gasteiger partial charge in [-0.25, -0.2) is 0 Å². The van der Waals surface area contributed by atoms with Crippen molar-refractivity contribution >= 4 is 17.5 Å². The van der Waals surface area contributed by atoms with Crippen molar-refractivity contribution in [2.45, 2.75) is 53.9 Å². The maximum atomic E-state index is 13.0. The fourth-order valence-corrected chi connectivity index (χ4v) is 7.24. The van der Waals surface area contributed by atoms with Crippen LogP contribution in [0.3, 0.4) is 0 Å². The maximum absolute atomic E-state index is 13.0. The predicted octanol–water partition coefficient (Wildman–Crippen LogP) is 4.45. The molecule has 0 aromatic carbocycles. The Labute approximate surface area is 173 Å². The predicted molar refractivity (Wildman–Crippen MR) is 111 cm³/mol. The van der Waals surface area contributed by atoms with Crippen molar-refractivity contribution < 1.29 is 19.1 Å². The molecule has 0 aromatic heterocycles. The molecule has 0 radical (unpaired) electrons. The second-order valence-corrected chi connectivity index (χ2v) is 10.2. The number of hydrogen-bond donors (Lipinski definition) is 0. The van der Waals surface area contributed by atoms with Gasteiger partial charge in [0.25, 0.3) is 0 Å². The molecule has 0 spiro atoms. The second-order valence-electron chi connectivity index (χ2n) is 10.2. The number of rotatable bonds is 3. The molecule has 4 aliphatic rings. The van der Waals surface area contributed by atoms with Gasteiger partial charge >= 0.3 is 5.97 Å². The van der Waals surface area contributed by atoms with Gasteiger partial charge in [-0.2, -0.15) is 0 Å². The number of Topliss-reactive ketones (excluding diaryl/α,β-unsaturated/α-hetero) is 1. The third kappa shape index (κ3) is 2.98. The SMILES string of the molecule is CC(=O)OCC(=O)[C@H]1[C@H](C)CC2C3CC(C)C4=CC(=O)C=C[C@]4(C)C3=CC[C@@]21C. The molecule has 29 heavy (non-hydrogen) atoms. The molecule has 4 heteroatoms. The summed E-state index contributed by atoms with van der Waals surface area (Å²) in [7, 11) is 0. The number of ether oxygens (including phenoxy) is 1. The Kier molecular flexibility index (Phi) is 4.75. The van der Waals surface area contributed by atoms with Crippen LogP contribution in [0.2, 0.25) is 0 Å². The maximum Gasteiger partial charge on any atom is 0.303 e. The smallest absolute Gasteiger partial charge is 0.303 e. The summed E-state index contributed by atoms with van der Waals surface area (Å²) in [6.07, 6.45) is 11.0. The standard InChI is InChI=1S/C25H32O4/c1-14-10-18-19(24(4)8-6-17(27)12-20(14)24)7-9-25(5)21(18)11-15(2)23(25)22(28)13-29-16(3)26/h6-8,12,14-15,18,21,23H,9-11,13H2,1-5H3/t14?,15-,18?,21?,23-,24-,25+/m1/s1. The number of allylic oxidation sites excluding steroid dienone is 6. The second kappa shape index (κ2) is 6.78. The fraction of sp³-hybridized carbons (Fsp3) is 0.640. The first-order valence-electron chi connectivity index (χ1n) is 10.9. The average molecular weight is 397 g/mol. The Morgan fingerprint density at radius 1 is 1.17 bits per heavy atom. The van der Waals surface area contributed by atoms with Crippen molar-refractivity contribution in [2.24, 2.45) is 40.4 Å². The van der Waals surface area contributed by atoms with Gasteiger partial charge in [0.15, 0.2) is 11.6 Å². The third-order valence-electron chi connectivity index (χ3n) is 8.38. The van der Waals surface area contributed by atoms with Gasteiger partial charge in [0.2, 0.25) is 0 Å². The fourth-order valence-electron chi connectivity index (χ4n) is 7.24. The van der Waals surface area contributed by atoms with E-state index in [1.165, 1.54) is 18.1 Å². The highest BCUT2D eigenvalue weighted by Gasteiger charge is 2.60. The van der Waals surface area contributed by atoms with Gasteiger partial charge in [0.1, 0.15) is 6.61 Å². The number of ketones is 2. The first-order valence-corrected chi connectivity index (χ1v) is 10.9. The van der Waals surface area contributed by atoms with Crippen LogP contribution in [-0.4, -0.2) is 24.1 Å². The minimum atomic E-state index is -0.400. The highest BCUT2D eigenvalue weighted by Crippen LogP contribution is 2.65. The van der Waals surface area contributed by atoms with Crippen LogP contribution < -0.4 is 0 Å². The molecule has 4 rings (SSSR count). The number of carbonyl (C=O) groups excluding carboxylic acids is 3. The van der Waals surface area contributed by atoms with Gasteiger partial charge in [0.05, 0.1) is 0 Å². The van der Waals surface area contributed by atoms with Crippen LogP contribution >= 0.6 is 0 Å². The molecule has 2 saturated carbocycles. The minimum Gasteiger partial charge on any atom is -0.458 e. The number of fused-ring (bicyclic) bond motifs is 5. The monoisotopic (exact) mass is 396 g/mol. The normalized spacial score (nSPS) is 42.9. The molecule has 7 atom stereocenters.